The zero-order valence-electron chi connectivity index (χ0n) is 13.7. The molecule has 1 heterocycles. The molecule has 2 atom stereocenters. The monoisotopic (exact) mass is 321 g/mol. The van der Waals surface area contributed by atoms with Crippen LogP contribution in [0.15, 0.2) is 30.3 Å². The summed E-state index contributed by atoms with van der Waals surface area (Å²) >= 11 is 0. The number of benzene rings is 1. The Balaban J connectivity index is 1.87. The minimum Gasteiger partial charge on any atom is -0.460 e. The standard InChI is InChI=1S/C17H23NO5/c1-17(2,3)23-15(20)13-9-18(10-14(13)19)16(21)22-11-12-7-5-4-6-8-12/h4-8,13-14,19H,9-11H2,1-3H3. The van der Waals surface area contributed by atoms with E-state index in [4.69, 9.17) is 9.47 Å². The van der Waals surface area contributed by atoms with Crippen LogP contribution in [0.2, 0.25) is 0 Å². The van der Waals surface area contributed by atoms with Crippen molar-refractivity contribution in [2.24, 2.45) is 5.92 Å². The van der Waals surface area contributed by atoms with Crippen LogP contribution in [0.3, 0.4) is 0 Å². The van der Waals surface area contributed by atoms with Gasteiger partial charge in [-0.15, -0.1) is 0 Å². The first-order valence-electron chi connectivity index (χ1n) is 7.63. The highest BCUT2D eigenvalue weighted by Crippen LogP contribution is 2.22. The predicted molar refractivity (Wildman–Crippen MR) is 83.5 cm³/mol. The summed E-state index contributed by atoms with van der Waals surface area (Å²) in [5.41, 5.74) is 0.252. The molecule has 0 bridgehead atoms. The second-order valence-corrected chi connectivity index (χ2v) is 6.65. The molecule has 0 saturated carbocycles. The Hall–Kier alpha value is -2.08. The molecular weight excluding hydrogens is 298 g/mol. The fourth-order valence-corrected chi connectivity index (χ4v) is 2.36. The molecule has 6 nitrogen and oxygen atoms in total. The van der Waals surface area contributed by atoms with Gasteiger partial charge in [-0.25, -0.2) is 4.79 Å². The van der Waals surface area contributed by atoms with Gasteiger partial charge in [-0.05, 0) is 26.3 Å². The van der Waals surface area contributed by atoms with Gasteiger partial charge >= 0.3 is 12.1 Å². The summed E-state index contributed by atoms with van der Waals surface area (Å²) in [6.45, 7) is 5.61. The van der Waals surface area contributed by atoms with E-state index in [0.717, 1.165) is 5.56 Å². The number of β-amino-alcohol motifs (C(OH)–C–C–N with tert-alkyl or cyclic N) is 1. The second kappa shape index (κ2) is 7.00. The lowest BCUT2D eigenvalue weighted by Crippen LogP contribution is -2.34. The van der Waals surface area contributed by atoms with Crippen molar-refractivity contribution < 1.29 is 24.2 Å². The van der Waals surface area contributed by atoms with Gasteiger partial charge in [-0.1, -0.05) is 30.3 Å². The average molecular weight is 321 g/mol. The van der Waals surface area contributed by atoms with Crippen LogP contribution >= 0.6 is 0 Å². The number of aliphatic hydroxyl groups excluding tert-OH is 1. The molecule has 1 aromatic carbocycles. The molecule has 0 aromatic heterocycles. The second-order valence-electron chi connectivity index (χ2n) is 6.65. The van der Waals surface area contributed by atoms with Crippen molar-refractivity contribution in [3.8, 4) is 0 Å². The topological polar surface area (TPSA) is 76.1 Å². The molecule has 1 aliphatic rings. The van der Waals surface area contributed by atoms with E-state index >= 15 is 0 Å². The summed E-state index contributed by atoms with van der Waals surface area (Å²) in [6, 6.07) is 9.32. The maximum atomic E-state index is 12.1. The zero-order valence-corrected chi connectivity index (χ0v) is 13.7. The number of likely N-dealkylation sites (tertiary alicyclic amines) is 1. The molecule has 2 unspecified atom stereocenters. The van der Waals surface area contributed by atoms with Crippen molar-refractivity contribution in [3.05, 3.63) is 35.9 Å². The summed E-state index contributed by atoms with van der Waals surface area (Å²) in [4.78, 5) is 25.5. The number of rotatable bonds is 3. The Morgan fingerprint density at radius 1 is 1.22 bits per heavy atom. The highest BCUT2D eigenvalue weighted by atomic mass is 16.6. The molecule has 1 N–H and O–H groups in total. The number of aliphatic hydroxyl groups is 1. The summed E-state index contributed by atoms with van der Waals surface area (Å²) in [5.74, 6) is -1.23. The fraction of sp³-hybridized carbons (Fsp3) is 0.529. The third-order valence-corrected chi connectivity index (χ3v) is 3.46. The highest BCUT2D eigenvalue weighted by molar-refractivity contribution is 5.76. The van der Waals surface area contributed by atoms with E-state index in [0.29, 0.717) is 0 Å². The third-order valence-electron chi connectivity index (χ3n) is 3.46. The summed E-state index contributed by atoms with van der Waals surface area (Å²) < 4.78 is 10.5. The van der Waals surface area contributed by atoms with Crippen LogP contribution in [0.1, 0.15) is 26.3 Å². The first kappa shape index (κ1) is 17.3. The number of hydrogen-bond donors (Lipinski definition) is 1. The SMILES string of the molecule is CC(C)(C)OC(=O)C1CN(C(=O)OCc2ccccc2)CC1O. The van der Waals surface area contributed by atoms with E-state index in [1.54, 1.807) is 20.8 Å². The van der Waals surface area contributed by atoms with Crippen molar-refractivity contribution in [1.82, 2.24) is 4.90 Å². The number of hydrogen-bond acceptors (Lipinski definition) is 5. The quantitative estimate of drug-likeness (QED) is 0.861. The van der Waals surface area contributed by atoms with E-state index in [1.807, 2.05) is 30.3 Å². The van der Waals surface area contributed by atoms with Crippen molar-refractivity contribution in [1.29, 1.82) is 0 Å². The molecule has 23 heavy (non-hydrogen) atoms. The third kappa shape index (κ3) is 4.96. The maximum Gasteiger partial charge on any atom is 0.410 e. The molecule has 1 amide bonds. The first-order chi connectivity index (χ1) is 10.8. The molecule has 1 saturated heterocycles. The number of carbonyl (C=O) groups is 2. The number of amides is 1. The Morgan fingerprint density at radius 2 is 1.87 bits per heavy atom. The van der Waals surface area contributed by atoms with Crippen LogP contribution in [0, 0.1) is 5.92 Å². The van der Waals surface area contributed by atoms with Crippen LogP contribution in [-0.2, 0) is 20.9 Å². The number of esters is 1. The van der Waals surface area contributed by atoms with Gasteiger partial charge < -0.3 is 19.5 Å². The van der Waals surface area contributed by atoms with Crippen molar-refractivity contribution in [2.75, 3.05) is 13.1 Å². The number of nitrogens with zero attached hydrogens (tertiary/aromatic N) is 1. The van der Waals surface area contributed by atoms with Gasteiger partial charge in [0, 0.05) is 6.54 Å². The molecule has 0 spiro atoms. The predicted octanol–water partition coefficient (Wildman–Crippen LogP) is 1.96. The Kier molecular flexibility index (Phi) is 5.26. The molecule has 2 rings (SSSR count). The zero-order chi connectivity index (χ0) is 17.0. The van der Waals surface area contributed by atoms with Gasteiger partial charge in [-0.2, -0.15) is 0 Å². The molecule has 126 valence electrons. The smallest absolute Gasteiger partial charge is 0.410 e. The van der Waals surface area contributed by atoms with Gasteiger partial charge in [-0.3, -0.25) is 4.79 Å². The van der Waals surface area contributed by atoms with Gasteiger partial charge in [0.15, 0.2) is 0 Å². The lowest BCUT2D eigenvalue weighted by molar-refractivity contribution is -0.162. The van der Waals surface area contributed by atoms with E-state index in [1.165, 1.54) is 4.90 Å². The van der Waals surface area contributed by atoms with Crippen LogP contribution in [0.25, 0.3) is 0 Å². The van der Waals surface area contributed by atoms with Crippen LogP contribution in [0.4, 0.5) is 4.79 Å². The lowest BCUT2D eigenvalue weighted by atomic mass is 10.1. The molecule has 0 radical (unpaired) electrons. The van der Waals surface area contributed by atoms with E-state index in [9.17, 15) is 14.7 Å². The minimum atomic E-state index is -0.936. The van der Waals surface area contributed by atoms with E-state index < -0.39 is 29.7 Å². The minimum absolute atomic E-state index is 0.0670. The van der Waals surface area contributed by atoms with E-state index in [2.05, 4.69) is 0 Å². The number of carbonyl (C=O) groups excluding carboxylic acids is 2. The van der Waals surface area contributed by atoms with Crippen LogP contribution in [0.5, 0.6) is 0 Å². The molecule has 1 aromatic rings. The molecule has 6 heteroatoms. The van der Waals surface area contributed by atoms with Crippen molar-refractivity contribution >= 4 is 12.1 Å². The summed E-state index contributed by atoms with van der Waals surface area (Å²) in [6.07, 6.45) is -1.48. The fourth-order valence-electron chi connectivity index (χ4n) is 2.36. The van der Waals surface area contributed by atoms with Crippen LogP contribution < -0.4 is 0 Å². The van der Waals surface area contributed by atoms with Gasteiger partial charge in [0.05, 0.1) is 12.6 Å². The van der Waals surface area contributed by atoms with Gasteiger partial charge in [0.2, 0.25) is 0 Å². The Morgan fingerprint density at radius 3 is 2.48 bits per heavy atom. The largest absolute Gasteiger partial charge is 0.460 e. The molecule has 1 aliphatic heterocycles. The molecule has 0 aliphatic carbocycles. The molecular formula is C17H23NO5. The maximum absolute atomic E-state index is 12.1. The average Bonchev–Trinajstić information content (AvgIpc) is 2.86. The molecule has 1 fully saturated rings. The van der Waals surface area contributed by atoms with Crippen molar-refractivity contribution in [3.63, 3.8) is 0 Å². The number of ether oxygens (including phenoxy) is 2. The summed E-state index contributed by atoms with van der Waals surface area (Å²) in [7, 11) is 0. The Bertz CT molecular complexity index is 552. The Labute approximate surface area is 136 Å². The lowest BCUT2D eigenvalue weighted by Gasteiger charge is -2.22. The van der Waals surface area contributed by atoms with Gasteiger partial charge in [0.1, 0.15) is 18.1 Å². The van der Waals surface area contributed by atoms with E-state index in [-0.39, 0.29) is 19.7 Å². The summed E-state index contributed by atoms with van der Waals surface area (Å²) in [5, 5.41) is 10.0. The van der Waals surface area contributed by atoms with Crippen molar-refractivity contribution in [2.45, 2.75) is 39.1 Å². The van der Waals surface area contributed by atoms with Crippen LogP contribution in [-0.4, -0.2) is 46.9 Å². The first-order valence-corrected chi connectivity index (χ1v) is 7.63. The highest BCUT2D eigenvalue weighted by Gasteiger charge is 2.41. The normalized spacial score (nSPS) is 21.1. The van der Waals surface area contributed by atoms with Gasteiger partial charge in [0.25, 0.3) is 0 Å².